The Kier molecular flexibility index (Phi) is 5.99. The lowest BCUT2D eigenvalue weighted by Gasteiger charge is -2.23. The summed E-state index contributed by atoms with van der Waals surface area (Å²) in [7, 11) is 0. The maximum absolute atomic E-state index is 12.8. The van der Waals surface area contributed by atoms with Gasteiger partial charge in [0.2, 0.25) is 5.91 Å². The van der Waals surface area contributed by atoms with E-state index in [0.29, 0.717) is 36.6 Å². The number of hydrogen-bond donors (Lipinski definition) is 1. The van der Waals surface area contributed by atoms with Gasteiger partial charge in [0.25, 0.3) is 5.91 Å². The maximum atomic E-state index is 12.8. The first kappa shape index (κ1) is 20.2. The van der Waals surface area contributed by atoms with E-state index in [2.05, 4.69) is 11.4 Å². The third-order valence-electron chi connectivity index (χ3n) is 5.13. The first-order valence-electron chi connectivity index (χ1n) is 10.0. The van der Waals surface area contributed by atoms with Crippen molar-refractivity contribution in [1.29, 1.82) is 5.26 Å². The Balaban J connectivity index is 1.34. The molecular formula is C24H21N3O4. The number of nitriles is 1. The monoisotopic (exact) mass is 415 g/mol. The Labute approximate surface area is 179 Å². The van der Waals surface area contributed by atoms with E-state index in [1.807, 2.05) is 12.1 Å². The fraction of sp³-hybridized carbons (Fsp3) is 0.208. The van der Waals surface area contributed by atoms with Crippen LogP contribution in [0.15, 0.2) is 71.3 Å². The van der Waals surface area contributed by atoms with Gasteiger partial charge in [-0.3, -0.25) is 9.59 Å². The van der Waals surface area contributed by atoms with E-state index in [9.17, 15) is 9.59 Å². The fourth-order valence-electron chi connectivity index (χ4n) is 3.58. The van der Waals surface area contributed by atoms with E-state index in [4.69, 9.17) is 14.4 Å². The van der Waals surface area contributed by atoms with Gasteiger partial charge in [0.15, 0.2) is 5.76 Å². The van der Waals surface area contributed by atoms with Crippen molar-refractivity contribution in [2.75, 3.05) is 11.9 Å². The van der Waals surface area contributed by atoms with E-state index in [1.165, 1.54) is 6.26 Å². The largest absolute Gasteiger partial charge is 0.489 e. The van der Waals surface area contributed by atoms with Crippen molar-refractivity contribution >= 4 is 17.5 Å². The molecule has 156 valence electrons. The van der Waals surface area contributed by atoms with Gasteiger partial charge in [0, 0.05) is 12.2 Å². The molecule has 0 aliphatic carbocycles. The SMILES string of the molecule is N#Cc1cccc(COc2ccc(NC(=O)C3CCCN3C(=O)c3ccco3)cc2)c1. The molecule has 7 heteroatoms. The van der Waals surface area contributed by atoms with Gasteiger partial charge in [0.1, 0.15) is 18.4 Å². The molecule has 2 amide bonds. The molecule has 2 heterocycles. The zero-order chi connectivity index (χ0) is 21.6. The van der Waals surface area contributed by atoms with Crippen molar-refractivity contribution in [1.82, 2.24) is 4.90 Å². The van der Waals surface area contributed by atoms with Crippen LogP contribution in [0.5, 0.6) is 5.75 Å². The summed E-state index contributed by atoms with van der Waals surface area (Å²) in [5.74, 6) is 0.392. The fourth-order valence-corrected chi connectivity index (χ4v) is 3.58. The third-order valence-corrected chi connectivity index (χ3v) is 5.13. The zero-order valence-electron chi connectivity index (χ0n) is 16.8. The van der Waals surface area contributed by atoms with Crippen molar-refractivity contribution < 1.29 is 18.7 Å². The Morgan fingerprint density at radius 2 is 2.00 bits per heavy atom. The molecule has 2 aromatic carbocycles. The predicted molar refractivity (Wildman–Crippen MR) is 113 cm³/mol. The van der Waals surface area contributed by atoms with Crippen LogP contribution in [0.2, 0.25) is 0 Å². The molecule has 0 bridgehead atoms. The second kappa shape index (κ2) is 9.18. The molecule has 1 saturated heterocycles. The van der Waals surface area contributed by atoms with Crippen molar-refractivity contribution in [2.45, 2.75) is 25.5 Å². The standard InChI is InChI=1S/C24H21N3O4/c25-15-17-4-1-5-18(14-17)16-31-20-10-8-19(9-11-20)26-23(28)21-6-2-12-27(21)24(29)22-7-3-13-30-22/h1,3-5,7-11,13-14,21H,2,6,12,16H2,(H,26,28). The van der Waals surface area contributed by atoms with Crippen molar-refractivity contribution in [3.63, 3.8) is 0 Å². The Bertz CT molecular complexity index is 1100. The van der Waals surface area contributed by atoms with E-state index < -0.39 is 6.04 Å². The molecule has 0 radical (unpaired) electrons. The molecule has 1 unspecified atom stereocenters. The second-order valence-electron chi connectivity index (χ2n) is 7.25. The van der Waals surface area contributed by atoms with Crippen LogP contribution >= 0.6 is 0 Å². The Morgan fingerprint density at radius 3 is 2.74 bits per heavy atom. The third kappa shape index (κ3) is 4.75. The number of nitrogens with one attached hydrogen (secondary N) is 1. The van der Waals surface area contributed by atoms with Crippen molar-refractivity contribution in [3.05, 3.63) is 83.8 Å². The highest BCUT2D eigenvalue weighted by Gasteiger charge is 2.35. The van der Waals surface area contributed by atoms with Gasteiger partial charge in [-0.25, -0.2) is 0 Å². The zero-order valence-corrected chi connectivity index (χ0v) is 16.8. The minimum absolute atomic E-state index is 0.223. The normalized spacial score (nSPS) is 15.3. The van der Waals surface area contributed by atoms with Crippen molar-refractivity contribution in [2.24, 2.45) is 0 Å². The van der Waals surface area contributed by atoms with Gasteiger partial charge in [-0.05, 0) is 66.9 Å². The minimum Gasteiger partial charge on any atom is -0.489 e. The van der Waals surface area contributed by atoms with E-state index >= 15 is 0 Å². The highest BCUT2D eigenvalue weighted by molar-refractivity contribution is 6.00. The summed E-state index contributed by atoms with van der Waals surface area (Å²) >= 11 is 0. The molecule has 1 aliphatic rings. The summed E-state index contributed by atoms with van der Waals surface area (Å²) in [6.07, 6.45) is 2.83. The Morgan fingerprint density at radius 1 is 1.16 bits per heavy atom. The van der Waals surface area contributed by atoms with Gasteiger partial charge in [-0.15, -0.1) is 0 Å². The number of anilines is 1. The summed E-state index contributed by atoms with van der Waals surface area (Å²) in [4.78, 5) is 26.9. The van der Waals surface area contributed by atoms with Gasteiger partial charge in [0.05, 0.1) is 17.9 Å². The van der Waals surface area contributed by atoms with E-state index in [-0.39, 0.29) is 17.6 Å². The first-order chi connectivity index (χ1) is 15.1. The molecule has 1 aliphatic heterocycles. The van der Waals surface area contributed by atoms with Crippen LogP contribution in [-0.2, 0) is 11.4 Å². The van der Waals surface area contributed by atoms with Crippen LogP contribution in [0.3, 0.4) is 0 Å². The van der Waals surface area contributed by atoms with Gasteiger partial charge < -0.3 is 19.4 Å². The highest BCUT2D eigenvalue weighted by atomic mass is 16.5. The summed E-state index contributed by atoms with van der Waals surface area (Å²) < 4.78 is 10.9. The molecule has 3 aromatic rings. The lowest BCUT2D eigenvalue weighted by Crippen LogP contribution is -2.43. The number of likely N-dealkylation sites (tertiary alicyclic amines) is 1. The van der Waals surface area contributed by atoms with Crippen LogP contribution in [0.25, 0.3) is 0 Å². The molecule has 1 aromatic heterocycles. The Hall–Kier alpha value is -4.05. The molecule has 0 saturated carbocycles. The molecule has 31 heavy (non-hydrogen) atoms. The van der Waals surface area contributed by atoms with E-state index in [1.54, 1.807) is 53.4 Å². The number of furan rings is 1. The molecular weight excluding hydrogens is 394 g/mol. The topological polar surface area (TPSA) is 95.6 Å². The molecule has 1 atom stereocenters. The first-order valence-corrected chi connectivity index (χ1v) is 10.0. The smallest absolute Gasteiger partial charge is 0.290 e. The van der Waals surface area contributed by atoms with Crippen LogP contribution in [0, 0.1) is 11.3 Å². The van der Waals surface area contributed by atoms with Crippen LogP contribution < -0.4 is 10.1 Å². The summed E-state index contributed by atoms with van der Waals surface area (Å²) in [5, 5.41) is 11.8. The van der Waals surface area contributed by atoms with Crippen LogP contribution in [0.4, 0.5) is 5.69 Å². The average molecular weight is 415 g/mol. The molecule has 4 rings (SSSR count). The number of nitrogens with zero attached hydrogens (tertiary/aromatic N) is 2. The van der Waals surface area contributed by atoms with Gasteiger partial charge in [-0.2, -0.15) is 5.26 Å². The highest BCUT2D eigenvalue weighted by Crippen LogP contribution is 2.23. The summed E-state index contributed by atoms with van der Waals surface area (Å²) in [6.45, 7) is 0.866. The van der Waals surface area contributed by atoms with E-state index in [0.717, 1.165) is 12.0 Å². The number of carbonyl (C=O) groups excluding carboxylic acids is 2. The quantitative estimate of drug-likeness (QED) is 0.657. The van der Waals surface area contributed by atoms with Gasteiger partial charge in [-0.1, -0.05) is 12.1 Å². The number of amides is 2. The lowest BCUT2D eigenvalue weighted by atomic mass is 10.1. The molecule has 1 fully saturated rings. The second-order valence-corrected chi connectivity index (χ2v) is 7.25. The predicted octanol–water partition coefficient (Wildman–Crippen LogP) is 3.97. The molecule has 0 spiro atoms. The number of ether oxygens (including phenoxy) is 1. The number of benzene rings is 2. The number of rotatable bonds is 6. The van der Waals surface area contributed by atoms with Gasteiger partial charge >= 0.3 is 0 Å². The molecule has 1 N–H and O–H groups in total. The average Bonchev–Trinajstić information content (AvgIpc) is 3.51. The lowest BCUT2D eigenvalue weighted by molar-refractivity contribution is -0.119. The van der Waals surface area contributed by atoms with Crippen molar-refractivity contribution in [3.8, 4) is 11.8 Å². The van der Waals surface area contributed by atoms with Crippen LogP contribution in [-0.4, -0.2) is 29.3 Å². The van der Waals surface area contributed by atoms with Crippen LogP contribution in [0.1, 0.15) is 34.5 Å². The summed E-state index contributed by atoms with van der Waals surface area (Å²) in [5.41, 5.74) is 2.12. The molecule has 7 nitrogen and oxygen atoms in total. The number of hydrogen-bond acceptors (Lipinski definition) is 5. The summed E-state index contributed by atoms with van der Waals surface area (Å²) in [6, 6.07) is 19.1. The number of carbonyl (C=O) groups is 2. The maximum Gasteiger partial charge on any atom is 0.290 e. The minimum atomic E-state index is -0.527.